The molecule has 2 aromatic carbocycles. The van der Waals surface area contributed by atoms with E-state index in [1.54, 1.807) is 6.21 Å². The molecule has 0 amide bonds. The highest BCUT2D eigenvalue weighted by Gasteiger charge is 2.45. The van der Waals surface area contributed by atoms with E-state index >= 15 is 0 Å². The van der Waals surface area contributed by atoms with Gasteiger partial charge in [0.05, 0.1) is 18.2 Å². The lowest BCUT2D eigenvalue weighted by Gasteiger charge is -2.39. The van der Waals surface area contributed by atoms with Crippen LogP contribution in [0.1, 0.15) is 63.2 Å². The van der Waals surface area contributed by atoms with Crippen molar-refractivity contribution in [3.63, 3.8) is 0 Å². The zero-order valence-corrected chi connectivity index (χ0v) is 22.9. The molecule has 1 aliphatic carbocycles. The van der Waals surface area contributed by atoms with Crippen molar-refractivity contribution in [2.45, 2.75) is 63.8 Å². The van der Waals surface area contributed by atoms with E-state index in [1.807, 2.05) is 6.08 Å². The lowest BCUT2D eigenvalue weighted by molar-refractivity contribution is -0.268. The molecule has 12 heteroatoms. The number of nitrogens with zero attached hydrogens (tertiary/aromatic N) is 1. The SMILES string of the molecule is CC(=O)Oc1ccc2c(c1)C(=O)c1c(CC3=CCN=C3)c(O[C@H]3O[C@H](C)[C@@H](O)[C@@H](O)[C@H]3O)c(CCCO)c(O)c1C2=O. The largest absolute Gasteiger partial charge is 0.507 e. The van der Waals surface area contributed by atoms with Gasteiger partial charge in [-0.1, -0.05) is 6.08 Å². The zero-order valence-electron chi connectivity index (χ0n) is 22.9. The van der Waals surface area contributed by atoms with Crippen molar-refractivity contribution in [2.24, 2.45) is 4.99 Å². The lowest BCUT2D eigenvalue weighted by Crippen LogP contribution is -2.58. The first-order valence-electron chi connectivity index (χ1n) is 13.5. The number of ether oxygens (including phenoxy) is 3. The quantitative estimate of drug-likeness (QED) is 0.186. The van der Waals surface area contributed by atoms with Gasteiger partial charge in [-0.3, -0.25) is 19.4 Å². The second-order valence-corrected chi connectivity index (χ2v) is 10.4. The van der Waals surface area contributed by atoms with Crippen molar-refractivity contribution in [2.75, 3.05) is 13.2 Å². The van der Waals surface area contributed by atoms with Crippen LogP contribution in [0.2, 0.25) is 0 Å². The number of aromatic hydroxyl groups is 1. The van der Waals surface area contributed by atoms with Gasteiger partial charge >= 0.3 is 5.97 Å². The van der Waals surface area contributed by atoms with Crippen molar-refractivity contribution in [3.05, 3.63) is 63.2 Å². The van der Waals surface area contributed by atoms with Gasteiger partial charge < -0.3 is 39.7 Å². The van der Waals surface area contributed by atoms with E-state index in [0.717, 1.165) is 0 Å². The Morgan fingerprint density at radius 2 is 1.79 bits per heavy atom. The Kier molecular flexibility index (Phi) is 8.26. The Morgan fingerprint density at radius 1 is 1.05 bits per heavy atom. The summed E-state index contributed by atoms with van der Waals surface area (Å²) in [7, 11) is 0. The number of aliphatic hydroxyl groups excluding tert-OH is 4. The summed E-state index contributed by atoms with van der Waals surface area (Å²) in [5.41, 5.74) is 0.552. The Bertz CT molecular complexity index is 1510. The van der Waals surface area contributed by atoms with Crippen LogP contribution in [0.3, 0.4) is 0 Å². The summed E-state index contributed by atoms with van der Waals surface area (Å²) in [5, 5.41) is 52.4. The van der Waals surface area contributed by atoms with Crippen LogP contribution < -0.4 is 9.47 Å². The first kappa shape index (κ1) is 29.5. The third-order valence-electron chi connectivity index (χ3n) is 7.54. The van der Waals surface area contributed by atoms with Gasteiger partial charge in [0, 0.05) is 54.0 Å². The van der Waals surface area contributed by atoms with E-state index in [4.69, 9.17) is 14.2 Å². The van der Waals surface area contributed by atoms with Crippen LogP contribution in [-0.2, 0) is 22.4 Å². The predicted octanol–water partition coefficient (Wildman–Crippen LogP) is 0.777. The highest BCUT2D eigenvalue weighted by Crippen LogP contribution is 2.46. The second kappa shape index (κ2) is 11.7. The van der Waals surface area contributed by atoms with Crippen molar-refractivity contribution >= 4 is 23.8 Å². The fourth-order valence-electron chi connectivity index (χ4n) is 5.44. The van der Waals surface area contributed by atoms with Crippen LogP contribution in [0, 0.1) is 0 Å². The van der Waals surface area contributed by atoms with E-state index in [9.17, 15) is 39.9 Å². The molecular weight excluding hydrogens is 550 g/mol. The normalized spacial score (nSPS) is 24.7. The fraction of sp³-hybridized carbons (Fsp3) is 0.400. The summed E-state index contributed by atoms with van der Waals surface area (Å²) in [6.07, 6.45) is -3.55. The number of fused-ring (bicyclic) bond motifs is 2. The third kappa shape index (κ3) is 5.23. The fourth-order valence-corrected chi connectivity index (χ4v) is 5.44. The van der Waals surface area contributed by atoms with Gasteiger partial charge in [0.2, 0.25) is 6.29 Å². The van der Waals surface area contributed by atoms with Gasteiger partial charge in [-0.25, -0.2) is 0 Å². The maximum atomic E-state index is 14.1. The first-order chi connectivity index (χ1) is 20.0. The summed E-state index contributed by atoms with van der Waals surface area (Å²) < 4.78 is 16.9. The molecule has 5 rings (SSSR count). The molecule has 3 aliphatic rings. The van der Waals surface area contributed by atoms with Crippen LogP contribution >= 0.6 is 0 Å². The number of carbonyl (C=O) groups excluding carboxylic acids is 3. The number of phenols is 1. The number of esters is 1. The molecule has 42 heavy (non-hydrogen) atoms. The molecule has 2 aromatic rings. The second-order valence-electron chi connectivity index (χ2n) is 10.4. The topological polar surface area (TPSA) is 192 Å². The average molecular weight is 582 g/mol. The smallest absolute Gasteiger partial charge is 0.308 e. The molecular formula is C30H31NO11. The lowest BCUT2D eigenvalue weighted by atomic mass is 9.78. The van der Waals surface area contributed by atoms with E-state index in [2.05, 4.69) is 4.99 Å². The molecule has 1 fully saturated rings. The van der Waals surface area contributed by atoms with E-state index in [0.29, 0.717) is 12.1 Å². The standard InChI is InChI=1S/C30H31NO11/c1-13-23(34)27(38)28(39)30(40-13)42-29-18(4-3-9-32)25(36)22-21(20(29)10-15-7-8-31-12-15)26(37)19-11-16(41-14(2)33)5-6-17(19)24(22)35/h5-7,11-13,23,27-28,30,32,34,36,38-39H,3-4,8-10H2,1-2H3/t13-,23-,27-,28-,30-/m1/s1. The number of aliphatic imine (C=N–C) groups is 1. The summed E-state index contributed by atoms with van der Waals surface area (Å²) in [5.74, 6) is -2.44. The molecule has 5 atom stereocenters. The highest BCUT2D eigenvalue weighted by atomic mass is 16.7. The molecule has 5 N–H and O–H groups in total. The molecule has 2 aliphatic heterocycles. The van der Waals surface area contributed by atoms with Crippen LogP contribution in [0.4, 0.5) is 0 Å². The van der Waals surface area contributed by atoms with Gasteiger partial charge in [-0.2, -0.15) is 0 Å². The third-order valence-corrected chi connectivity index (χ3v) is 7.54. The number of aliphatic hydroxyl groups is 4. The molecule has 0 saturated carbocycles. The Balaban J connectivity index is 1.73. The number of hydrogen-bond donors (Lipinski definition) is 5. The van der Waals surface area contributed by atoms with Crippen LogP contribution in [0.25, 0.3) is 0 Å². The number of benzene rings is 2. The Labute approximate surface area is 240 Å². The minimum atomic E-state index is -1.70. The van der Waals surface area contributed by atoms with Gasteiger partial charge in [-0.15, -0.1) is 0 Å². The predicted molar refractivity (Wildman–Crippen MR) is 146 cm³/mol. The molecule has 0 radical (unpaired) electrons. The van der Waals surface area contributed by atoms with E-state index in [1.165, 1.54) is 32.0 Å². The number of phenolic OH excluding ortho intramolecular Hbond substituents is 1. The summed E-state index contributed by atoms with van der Waals surface area (Å²) >= 11 is 0. The maximum absolute atomic E-state index is 14.1. The number of hydrogen-bond acceptors (Lipinski definition) is 12. The zero-order chi connectivity index (χ0) is 30.3. The molecule has 0 spiro atoms. The molecule has 2 heterocycles. The Hall–Kier alpha value is -3.94. The number of allylic oxidation sites excluding steroid dienone is 1. The van der Waals surface area contributed by atoms with Gasteiger partial charge in [0.15, 0.2) is 11.6 Å². The van der Waals surface area contributed by atoms with Crippen LogP contribution in [0.5, 0.6) is 17.2 Å². The van der Waals surface area contributed by atoms with Crippen molar-refractivity contribution in [1.82, 2.24) is 0 Å². The summed E-state index contributed by atoms with van der Waals surface area (Å²) in [4.78, 5) is 43.7. The minimum absolute atomic E-state index is 0.00467. The highest BCUT2D eigenvalue weighted by molar-refractivity contribution is 6.30. The van der Waals surface area contributed by atoms with Crippen LogP contribution in [0.15, 0.2) is 34.8 Å². The molecule has 0 bridgehead atoms. The van der Waals surface area contributed by atoms with Gasteiger partial charge in [0.1, 0.15) is 35.6 Å². The van der Waals surface area contributed by atoms with Crippen molar-refractivity contribution in [1.29, 1.82) is 0 Å². The van der Waals surface area contributed by atoms with E-state index < -0.39 is 54.0 Å². The summed E-state index contributed by atoms with van der Waals surface area (Å²) in [6.45, 7) is 2.82. The Morgan fingerprint density at radius 3 is 2.45 bits per heavy atom. The monoisotopic (exact) mass is 581 g/mol. The van der Waals surface area contributed by atoms with Crippen molar-refractivity contribution in [3.8, 4) is 17.2 Å². The summed E-state index contributed by atoms with van der Waals surface area (Å²) in [6, 6.07) is 4.01. The average Bonchev–Trinajstić information content (AvgIpc) is 3.47. The molecule has 222 valence electrons. The van der Waals surface area contributed by atoms with Gasteiger partial charge in [0.25, 0.3) is 0 Å². The number of rotatable bonds is 8. The number of ketones is 2. The molecule has 12 nitrogen and oxygen atoms in total. The van der Waals surface area contributed by atoms with E-state index in [-0.39, 0.29) is 70.7 Å². The first-order valence-corrected chi connectivity index (χ1v) is 13.5. The van der Waals surface area contributed by atoms with Gasteiger partial charge in [-0.05, 0) is 43.5 Å². The minimum Gasteiger partial charge on any atom is -0.507 e. The maximum Gasteiger partial charge on any atom is 0.308 e. The van der Waals surface area contributed by atoms with Crippen LogP contribution in [-0.4, -0.2) is 93.1 Å². The molecule has 0 unspecified atom stereocenters. The molecule has 1 saturated heterocycles. The van der Waals surface area contributed by atoms with Crippen molar-refractivity contribution < 1.29 is 54.1 Å². The molecule has 0 aromatic heterocycles. The number of carbonyl (C=O) groups is 3.